The monoisotopic (exact) mass is 448 g/mol. The lowest BCUT2D eigenvalue weighted by atomic mass is 10.2. The Morgan fingerprint density at radius 1 is 1.13 bits per heavy atom. The molecular weight excluding hydrogens is 428 g/mol. The molecule has 9 heteroatoms. The standard InChI is InChI=1S/C22H20N6OS2/c1-3-12-28-16-10-6-4-8-14(16)18-19(28)24-22(27-26-18)30-13(2)20(29)25-21-23-15-9-5-7-11-17(15)31-21/h4-11,13H,3,12H2,1-2H3,(H,23,25,29). The van der Waals surface area contributed by atoms with Crippen molar-refractivity contribution in [3.63, 3.8) is 0 Å². The van der Waals surface area contributed by atoms with Crippen molar-refractivity contribution in [1.29, 1.82) is 0 Å². The van der Waals surface area contributed by atoms with E-state index >= 15 is 0 Å². The molecule has 1 amide bonds. The number of anilines is 1. The van der Waals surface area contributed by atoms with Crippen LogP contribution in [0.3, 0.4) is 0 Å². The van der Waals surface area contributed by atoms with Crippen molar-refractivity contribution in [3.8, 4) is 0 Å². The van der Waals surface area contributed by atoms with Gasteiger partial charge in [-0.1, -0.05) is 60.4 Å². The Morgan fingerprint density at radius 2 is 1.94 bits per heavy atom. The molecule has 2 aromatic carbocycles. The second-order valence-corrected chi connectivity index (χ2v) is 9.51. The van der Waals surface area contributed by atoms with Crippen LogP contribution in [0.2, 0.25) is 0 Å². The number of thiazole rings is 1. The Kier molecular flexibility index (Phi) is 5.29. The molecule has 1 unspecified atom stereocenters. The number of aryl methyl sites for hydroxylation is 1. The van der Waals surface area contributed by atoms with Gasteiger partial charge in [0.2, 0.25) is 11.1 Å². The second-order valence-electron chi connectivity index (χ2n) is 7.17. The Morgan fingerprint density at radius 3 is 2.77 bits per heavy atom. The normalized spacial score (nSPS) is 12.6. The Balaban J connectivity index is 1.39. The van der Waals surface area contributed by atoms with Crippen LogP contribution in [0.5, 0.6) is 0 Å². The zero-order valence-electron chi connectivity index (χ0n) is 17.1. The smallest absolute Gasteiger partial charge is 0.239 e. The number of fused-ring (bicyclic) bond motifs is 4. The fraction of sp³-hybridized carbons (Fsp3) is 0.227. The van der Waals surface area contributed by atoms with Gasteiger partial charge in [-0.2, -0.15) is 0 Å². The first-order valence-corrected chi connectivity index (χ1v) is 11.8. The summed E-state index contributed by atoms with van der Waals surface area (Å²) in [5.74, 6) is -0.137. The number of rotatable bonds is 6. The zero-order valence-corrected chi connectivity index (χ0v) is 18.7. The number of carbonyl (C=O) groups excluding carboxylic acids is 1. The van der Waals surface area contributed by atoms with Gasteiger partial charge in [-0.05, 0) is 31.5 Å². The lowest BCUT2D eigenvalue weighted by Crippen LogP contribution is -2.22. The highest BCUT2D eigenvalue weighted by Gasteiger charge is 2.20. The summed E-state index contributed by atoms with van der Waals surface area (Å²) in [5.41, 5.74) is 3.58. The maximum Gasteiger partial charge on any atom is 0.239 e. The Bertz CT molecular complexity index is 1380. The van der Waals surface area contributed by atoms with E-state index in [4.69, 9.17) is 4.98 Å². The number of aromatic nitrogens is 5. The molecule has 1 N–H and O–H groups in total. The fourth-order valence-corrected chi connectivity index (χ4v) is 5.11. The quantitative estimate of drug-likeness (QED) is 0.363. The number of benzene rings is 2. The van der Waals surface area contributed by atoms with Crippen molar-refractivity contribution in [1.82, 2.24) is 24.7 Å². The molecule has 0 saturated carbocycles. The van der Waals surface area contributed by atoms with E-state index in [0.717, 1.165) is 45.2 Å². The van der Waals surface area contributed by atoms with Crippen molar-refractivity contribution in [3.05, 3.63) is 48.5 Å². The van der Waals surface area contributed by atoms with Gasteiger partial charge >= 0.3 is 0 Å². The molecule has 0 spiro atoms. The van der Waals surface area contributed by atoms with Crippen LogP contribution in [0.1, 0.15) is 20.3 Å². The van der Waals surface area contributed by atoms with Crippen molar-refractivity contribution in [2.75, 3.05) is 5.32 Å². The van der Waals surface area contributed by atoms with Crippen LogP contribution >= 0.6 is 23.1 Å². The van der Waals surface area contributed by atoms with Crippen molar-refractivity contribution < 1.29 is 4.79 Å². The minimum Gasteiger partial charge on any atom is -0.324 e. The maximum atomic E-state index is 12.7. The summed E-state index contributed by atoms with van der Waals surface area (Å²) in [4.78, 5) is 21.9. The molecule has 0 fully saturated rings. The molecule has 0 saturated heterocycles. The highest BCUT2D eigenvalue weighted by atomic mass is 32.2. The van der Waals surface area contributed by atoms with Crippen LogP contribution in [0.4, 0.5) is 5.13 Å². The summed E-state index contributed by atoms with van der Waals surface area (Å²) in [6.07, 6.45) is 0.987. The van der Waals surface area contributed by atoms with E-state index in [1.807, 2.05) is 49.4 Å². The molecule has 3 heterocycles. The minimum absolute atomic E-state index is 0.137. The molecule has 31 heavy (non-hydrogen) atoms. The number of thioether (sulfide) groups is 1. The number of nitrogens with one attached hydrogen (secondary N) is 1. The highest BCUT2D eigenvalue weighted by Crippen LogP contribution is 2.29. The highest BCUT2D eigenvalue weighted by molar-refractivity contribution is 8.00. The predicted molar refractivity (Wildman–Crippen MR) is 127 cm³/mol. The largest absolute Gasteiger partial charge is 0.324 e. The third-order valence-electron chi connectivity index (χ3n) is 4.98. The van der Waals surface area contributed by atoms with Gasteiger partial charge in [0.25, 0.3) is 0 Å². The fourth-order valence-electron chi connectivity index (χ4n) is 3.53. The number of para-hydroxylation sites is 2. The molecule has 1 atom stereocenters. The summed E-state index contributed by atoms with van der Waals surface area (Å²) in [6.45, 7) is 4.82. The third-order valence-corrected chi connectivity index (χ3v) is 6.88. The Hall–Kier alpha value is -3.04. The molecule has 0 aliphatic carbocycles. The summed E-state index contributed by atoms with van der Waals surface area (Å²) in [7, 11) is 0. The van der Waals surface area contributed by atoms with Crippen LogP contribution in [-0.4, -0.2) is 35.9 Å². The SMILES string of the molecule is CCCn1c2ccccc2c2nnc(SC(C)C(=O)Nc3nc4ccccc4s3)nc21. The first kappa shape index (κ1) is 19.9. The second kappa shape index (κ2) is 8.24. The van der Waals surface area contributed by atoms with Crippen LogP contribution in [0.25, 0.3) is 32.3 Å². The average Bonchev–Trinajstić information content (AvgIpc) is 3.32. The number of carbonyl (C=O) groups is 1. The molecule has 0 aliphatic rings. The van der Waals surface area contributed by atoms with E-state index < -0.39 is 5.25 Å². The lowest BCUT2D eigenvalue weighted by molar-refractivity contribution is -0.115. The van der Waals surface area contributed by atoms with Crippen LogP contribution in [-0.2, 0) is 11.3 Å². The minimum atomic E-state index is -0.393. The molecule has 0 bridgehead atoms. The molecule has 156 valence electrons. The van der Waals surface area contributed by atoms with Gasteiger partial charge in [0.15, 0.2) is 10.8 Å². The molecular formula is C22H20N6OS2. The van der Waals surface area contributed by atoms with Gasteiger partial charge in [0.1, 0.15) is 5.52 Å². The number of hydrogen-bond acceptors (Lipinski definition) is 7. The Labute approximate surface area is 186 Å². The van der Waals surface area contributed by atoms with E-state index in [2.05, 4.69) is 38.1 Å². The number of amides is 1. The van der Waals surface area contributed by atoms with Crippen molar-refractivity contribution in [2.45, 2.75) is 37.2 Å². The van der Waals surface area contributed by atoms with Gasteiger partial charge in [-0.3, -0.25) is 4.79 Å². The van der Waals surface area contributed by atoms with E-state index in [-0.39, 0.29) is 5.91 Å². The summed E-state index contributed by atoms with van der Waals surface area (Å²) < 4.78 is 3.22. The first-order valence-electron chi connectivity index (χ1n) is 10.1. The zero-order chi connectivity index (χ0) is 21.4. The molecule has 5 aromatic rings. The van der Waals surface area contributed by atoms with Gasteiger partial charge in [-0.25, -0.2) is 9.97 Å². The third kappa shape index (κ3) is 3.75. The van der Waals surface area contributed by atoms with Gasteiger partial charge < -0.3 is 9.88 Å². The summed E-state index contributed by atoms with van der Waals surface area (Å²) in [6, 6.07) is 16.0. The van der Waals surface area contributed by atoms with Crippen molar-refractivity contribution >= 4 is 66.4 Å². The van der Waals surface area contributed by atoms with E-state index in [0.29, 0.717) is 10.3 Å². The average molecular weight is 449 g/mol. The molecule has 7 nitrogen and oxygen atoms in total. The number of nitrogens with zero attached hydrogens (tertiary/aromatic N) is 5. The van der Waals surface area contributed by atoms with E-state index in [9.17, 15) is 4.79 Å². The molecule has 0 radical (unpaired) electrons. The topological polar surface area (TPSA) is 85.6 Å². The molecule has 0 aliphatic heterocycles. The number of hydrogen-bond donors (Lipinski definition) is 1. The van der Waals surface area contributed by atoms with Crippen LogP contribution in [0, 0.1) is 0 Å². The molecule has 3 aromatic heterocycles. The van der Waals surface area contributed by atoms with Gasteiger partial charge in [0.05, 0.1) is 21.0 Å². The van der Waals surface area contributed by atoms with Crippen LogP contribution < -0.4 is 5.32 Å². The lowest BCUT2D eigenvalue weighted by Gasteiger charge is -2.09. The molecule has 5 rings (SSSR count). The summed E-state index contributed by atoms with van der Waals surface area (Å²) in [5, 5.41) is 13.4. The van der Waals surface area contributed by atoms with E-state index in [1.54, 1.807) is 0 Å². The maximum absolute atomic E-state index is 12.7. The van der Waals surface area contributed by atoms with Crippen molar-refractivity contribution in [2.24, 2.45) is 0 Å². The van der Waals surface area contributed by atoms with E-state index in [1.165, 1.54) is 23.1 Å². The first-order chi connectivity index (χ1) is 15.1. The van der Waals surface area contributed by atoms with Gasteiger partial charge in [-0.15, -0.1) is 10.2 Å². The van der Waals surface area contributed by atoms with Crippen LogP contribution in [0.15, 0.2) is 53.7 Å². The predicted octanol–water partition coefficient (Wildman–Crippen LogP) is 5.12. The summed E-state index contributed by atoms with van der Waals surface area (Å²) >= 11 is 2.76. The van der Waals surface area contributed by atoms with Gasteiger partial charge in [0, 0.05) is 11.9 Å².